The Morgan fingerprint density at radius 2 is 1.72 bits per heavy atom. The van der Waals surface area contributed by atoms with E-state index < -0.39 is 27.4 Å². The Kier molecular flexibility index (Phi) is 6.60. The van der Waals surface area contributed by atoms with E-state index in [1.165, 1.54) is 12.1 Å². The number of rotatable bonds is 4. The van der Waals surface area contributed by atoms with Crippen LogP contribution in [0.4, 0.5) is 13.2 Å². The van der Waals surface area contributed by atoms with Crippen molar-refractivity contribution in [3.05, 3.63) is 81.3 Å². The summed E-state index contributed by atoms with van der Waals surface area (Å²) in [5, 5.41) is 7.83. The van der Waals surface area contributed by atoms with Gasteiger partial charge in [0.2, 0.25) is 0 Å². The van der Waals surface area contributed by atoms with Crippen molar-refractivity contribution < 1.29 is 27.0 Å². The molecule has 2 unspecified atom stereocenters. The molecule has 3 aromatic rings. The van der Waals surface area contributed by atoms with Crippen LogP contribution in [0.1, 0.15) is 21.5 Å². The smallest absolute Gasteiger partial charge is 0.373 e. The van der Waals surface area contributed by atoms with Gasteiger partial charge in [0.05, 0.1) is 6.04 Å². The second-order valence-electron chi connectivity index (χ2n) is 8.47. The third-order valence-electron chi connectivity index (χ3n) is 6.15. The molecule has 0 radical (unpaired) electrons. The monoisotopic (exact) mass is 618 g/mol. The highest BCUT2D eigenvalue weighted by Crippen LogP contribution is 2.52. The van der Waals surface area contributed by atoms with Crippen LogP contribution in [0.3, 0.4) is 0 Å². The summed E-state index contributed by atoms with van der Waals surface area (Å²) in [5.74, 6) is 0.445. The quantitative estimate of drug-likeness (QED) is 0.366. The molecule has 1 fully saturated rings. The first kappa shape index (κ1) is 25.5. The van der Waals surface area contributed by atoms with Gasteiger partial charge >= 0.3 is 6.18 Å². The number of nitrogens with zero attached hydrogens (tertiary/aromatic N) is 1. The van der Waals surface area contributed by atoms with Gasteiger partial charge < -0.3 is 10.2 Å². The predicted molar refractivity (Wildman–Crippen MR) is 138 cm³/mol. The first-order valence-corrected chi connectivity index (χ1v) is 13.8. The van der Waals surface area contributed by atoms with Crippen LogP contribution in [0.5, 0.6) is 0 Å². The fraction of sp³-hybridized carbons (Fsp3) is 0.250. The number of fused-ring (bicyclic) bond motifs is 1. The first-order chi connectivity index (χ1) is 17.0. The van der Waals surface area contributed by atoms with Crippen molar-refractivity contribution in [1.82, 2.24) is 5.32 Å². The summed E-state index contributed by atoms with van der Waals surface area (Å²) in [6.45, 7) is 0. The van der Waals surface area contributed by atoms with Gasteiger partial charge in [-0.15, -0.1) is 0 Å². The van der Waals surface area contributed by atoms with E-state index in [0.29, 0.717) is 33.4 Å². The molecule has 0 aliphatic carbocycles. The Hall–Kier alpha value is -2.14. The predicted octanol–water partition coefficient (Wildman–Crippen LogP) is 5.96. The van der Waals surface area contributed by atoms with E-state index in [-0.39, 0.29) is 33.3 Å². The van der Waals surface area contributed by atoms with Crippen LogP contribution in [-0.2, 0) is 21.2 Å². The van der Waals surface area contributed by atoms with Gasteiger partial charge in [0.25, 0.3) is 11.5 Å². The summed E-state index contributed by atoms with van der Waals surface area (Å²) in [7, 11) is -0.923. The van der Waals surface area contributed by atoms with Crippen LogP contribution in [0.15, 0.2) is 59.8 Å². The maximum atomic E-state index is 14.6. The molecule has 0 aromatic heterocycles. The lowest BCUT2D eigenvalue weighted by Gasteiger charge is -2.33. The highest BCUT2D eigenvalue weighted by atomic mass is 79.9. The van der Waals surface area contributed by atoms with Gasteiger partial charge in [-0.1, -0.05) is 74.6 Å². The van der Waals surface area contributed by atoms with E-state index in [1.54, 1.807) is 30.3 Å². The van der Waals surface area contributed by atoms with Crippen molar-refractivity contribution in [3.63, 3.8) is 0 Å². The summed E-state index contributed by atoms with van der Waals surface area (Å²) in [6, 6.07) is 13.4. The maximum absolute atomic E-state index is 14.6. The van der Waals surface area contributed by atoms with Gasteiger partial charge in [-0.3, -0.25) is 9.00 Å². The average Bonchev–Trinajstić information content (AvgIpc) is 3.14. The molecule has 2 aliphatic rings. The highest BCUT2D eigenvalue weighted by Gasteiger charge is 2.67. The number of carbonyl (C=O) groups is 1. The SMILES string of the molecule is O=C(NC1CS(=O)C1)c1ccc(C2=NOC(c3cc(Cl)cc(Cl)c3)(C(F)(F)F)C2Br)c2ccccc12. The van der Waals surface area contributed by atoms with Crippen LogP contribution < -0.4 is 5.32 Å². The number of carbonyl (C=O) groups excluding carboxylic acids is 1. The molecule has 5 nitrogen and oxygen atoms in total. The molecule has 0 saturated carbocycles. The average molecular weight is 620 g/mol. The second-order valence-corrected chi connectivity index (χ2v) is 11.8. The Balaban J connectivity index is 1.57. The van der Waals surface area contributed by atoms with Crippen LogP contribution in [0.2, 0.25) is 10.0 Å². The number of hydrogen-bond acceptors (Lipinski definition) is 4. The summed E-state index contributed by atoms with van der Waals surface area (Å²) in [5.41, 5.74) is -2.46. The standard InChI is InChI=1S/C24H16BrCl2F3N2O3S/c25-21-20(32-35-23(21,24(28,29)30)12-7-13(26)9-14(27)8-12)18-5-6-19(17-4-2-1-3-16(17)18)22(33)31-15-10-36(34)11-15/h1-9,15,21H,10-11H2,(H,31,33). The molecule has 3 aromatic carbocycles. The minimum atomic E-state index is -4.89. The molecule has 5 rings (SSSR count). The Morgan fingerprint density at radius 1 is 1.08 bits per heavy atom. The normalized spacial score (nSPS) is 25.7. The zero-order valence-corrected chi connectivity index (χ0v) is 22.0. The number of amides is 1. The molecule has 1 amide bonds. The van der Waals surface area contributed by atoms with Crippen molar-refractivity contribution in [2.45, 2.75) is 22.6 Å². The van der Waals surface area contributed by atoms with E-state index in [1.807, 2.05) is 0 Å². The molecule has 0 spiro atoms. The molecule has 2 atom stereocenters. The Bertz CT molecular complexity index is 1420. The lowest BCUT2D eigenvalue weighted by molar-refractivity contribution is -0.273. The fourth-order valence-electron chi connectivity index (χ4n) is 4.39. The fourth-order valence-corrected chi connectivity index (χ4v) is 6.82. The minimum Gasteiger partial charge on any atom is -0.373 e. The van der Waals surface area contributed by atoms with Crippen LogP contribution in [-0.4, -0.2) is 44.4 Å². The van der Waals surface area contributed by atoms with E-state index in [2.05, 4.69) is 26.4 Å². The first-order valence-electron chi connectivity index (χ1n) is 10.6. The largest absolute Gasteiger partial charge is 0.436 e. The molecule has 1 saturated heterocycles. The molecule has 188 valence electrons. The van der Waals surface area contributed by atoms with E-state index in [9.17, 15) is 22.2 Å². The summed E-state index contributed by atoms with van der Waals surface area (Å²) in [4.78, 5) is 16.6. The van der Waals surface area contributed by atoms with Gasteiger partial charge in [-0.05, 0) is 35.0 Å². The van der Waals surface area contributed by atoms with Crippen LogP contribution >= 0.6 is 39.1 Å². The number of nitrogens with one attached hydrogen (secondary N) is 1. The topological polar surface area (TPSA) is 67.8 Å². The zero-order valence-electron chi connectivity index (χ0n) is 18.1. The lowest BCUT2D eigenvalue weighted by atomic mass is 9.85. The van der Waals surface area contributed by atoms with Crippen LogP contribution in [0, 0.1) is 0 Å². The molecule has 12 heteroatoms. The number of oxime groups is 1. The van der Waals surface area contributed by atoms with E-state index >= 15 is 0 Å². The second kappa shape index (κ2) is 9.31. The van der Waals surface area contributed by atoms with Crippen LogP contribution in [0.25, 0.3) is 10.8 Å². The Labute approximate surface area is 224 Å². The Morgan fingerprint density at radius 3 is 2.33 bits per heavy atom. The van der Waals surface area contributed by atoms with Gasteiger partial charge in [0, 0.05) is 49.0 Å². The third-order valence-corrected chi connectivity index (χ3v) is 9.21. The van der Waals surface area contributed by atoms with Crippen molar-refractivity contribution in [3.8, 4) is 0 Å². The van der Waals surface area contributed by atoms with Gasteiger partial charge in [0.15, 0.2) is 0 Å². The van der Waals surface area contributed by atoms with E-state index in [4.69, 9.17) is 28.0 Å². The van der Waals surface area contributed by atoms with Gasteiger partial charge in [0.1, 0.15) is 10.5 Å². The molecule has 2 aliphatic heterocycles. The third kappa shape index (κ3) is 4.21. The number of benzene rings is 3. The van der Waals surface area contributed by atoms with Crippen molar-refractivity contribution >= 4 is 72.3 Å². The van der Waals surface area contributed by atoms with Crippen molar-refractivity contribution in [1.29, 1.82) is 0 Å². The molecule has 1 N–H and O–H groups in total. The minimum absolute atomic E-state index is 0.000899. The summed E-state index contributed by atoms with van der Waals surface area (Å²) >= 11 is 15.2. The molecule has 36 heavy (non-hydrogen) atoms. The van der Waals surface area contributed by atoms with E-state index in [0.717, 1.165) is 12.1 Å². The zero-order chi connectivity index (χ0) is 25.8. The molecule has 2 heterocycles. The van der Waals surface area contributed by atoms with Gasteiger partial charge in [-0.2, -0.15) is 13.2 Å². The summed E-state index contributed by atoms with van der Waals surface area (Å²) < 4.78 is 55.1. The lowest BCUT2D eigenvalue weighted by Crippen LogP contribution is -2.50. The number of alkyl halides is 4. The summed E-state index contributed by atoms with van der Waals surface area (Å²) in [6.07, 6.45) is -4.89. The van der Waals surface area contributed by atoms with Crippen molar-refractivity contribution in [2.75, 3.05) is 11.5 Å². The highest BCUT2D eigenvalue weighted by molar-refractivity contribution is 9.10. The molecule has 0 bridgehead atoms. The van der Waals surface area contributed by atoms with Gasteiger partial charge in [-0.25, -0.2) is 0 Å². The molecular weight excluding hydrogens is 604 g/mol. The molecular formula is C24H16BrCl2F3N2O3S. The number of hydrogen-bond donors (Lipinski definition) is 1. The van der Waals surface area contributed by atoms with Crippen molar-refractivity contribution in [2.24, 2.45) is 5.16 Å². The maximum Gasteiger partial charge on any atom is 0.436 e. The number of halogens is 6.